The van der Waals surface area contributed by atoms with Gasteiger partial charge in [-0.25, -0.2) is 8.91 Å². The number of rotatable bonds is 3. The van der Waals surface area contributed by atoms with E-state index in [4.69, 9.17) is 5.26 Å². The molecule has 0 bridgehead atoms. The number of hydrogen-bond acceptors (Lipinski definition) is 4. The lowest BCUT2D eigenvalue weighted by Crippen LogP contribution is -2.21. The Hall–Kier alpha value is -2.98. The Bertz CT molecular complexity index is 935. The molecule has 0 spiro atoms. The molecule has 7 heteroatoms. The van der Waals surface area contributed by atoms with Gasteiger partial charge in [0.2, 0.25) is 0 Å². The smallest absolute Gasteiger partial charge is 0.277 e. The van der Waals surface area contributed by atoms with Gasteiger partial charge in [0, 0.05) is 23.5 Å². The van der Waals surface area contributed by atoms with E-state index >= 15 is 0 Å². The molecule has 0 radical (unpaired) electrons. The average molecular weight is 298 g/mol. The highest BCUT2D eigenvalue weighted by Gasteiger charge is 2.17. The summed E-state index contributed by atoms with van der Waals surface area (Å²) < 4.78 is 15.6. The Morgan fingerprint density at radius 1 is 1.27 bits per heavy atom. The fraction of sp³-hybridized carbons (Fsp3) is 0.133. The summed E-state index contributed by atoms with van der Waals surface area (Å²) in [6.45, 7) is -0.473. The summed E-state index contributed by atoms with van der Waals surface area (Å²) in [4.78, 5) is 12.4. The minimum atomic E-state index is -0.408. The summed E-state index contributed by atoms with van der Waals surface area (Å²) in [7, 11) is 0. The van der Waals surface area contributed by atoms with Crippen molar-refractivity contribution in [3.8, 4) is 17.3 Å². The van der Waals surface area contributed by atoms with Crippen molar-refractivity contribution in [3.63, 3.8) is 0 Å². The summed E-state index contributed by atoms with van der Waals surface area (Å²) >= 11 is 0. The van der Waals surface area contributed by atoms with Crippen molar-refractivity contribution < 1.29 is 9.50 Å². The normalized spacial score (nSPS) is 10.8. The van der Waals surface area contributed by atoms with E-state index in [1.807, 2.05) is 6.07 Å². The molecule has 0 fully saturated rings. The van der Waals surface area contributed by atoms with E-state index in [-0.39, 0.29) is 24.5 Å². The van der Waals surface area contributed by atoms with Gasteiger partial charge in [0.05, 0.1) is 18.4 Å². The van der Waals surface area contributed by atoms with E-state index in [2.05, 4.69) is 5.10 Å². The molecular weight excluding hydrogens is 287 g/mol. The zero-order valence-corrected chi connectivity index (χ0v) is 11.4. The van der Waals surface area contributed by atoms with Crippen molar-refractivity contribution in [2.24, 2.45) is 0 Å². The van der Waals surface area contributed by atoms with E-state index < -0.39 is 5.56 Å². The number of aromatic nitrogens is 3. The maximum Gasteiger partial charge on any atom is 0.277 e. The Kier molecular flexibility index (Phi) is 3.45. The molecule has 2 heterocycles. The van der Waals surface area contributed by atoms with Gasteiger partial charge < -0.3 is 5.11 Å². The van der Waals surface area contributed by atoms with Gasteiger partial charge in [-0.3, -0.25) is 9.36 Å². The molecule has 0 atom stereocenters. The van der Waals surface area contributed by atoms with Crippen molar-refractivity contribution in [1.82, 2.24) is 14.2 Å². The van der Waals surface area contributed by atoms with Gasteiger partial charge in [-0.05, 0) is 24.3 Å². The summed E-state index contributed by atoms with van der Waals surface area (Å²) in [6, 6.07) is 7.54. The molecule has 0 saturated carbocycles. The minimum Gasteiger partial charge on any atom is -0.392 e. The second-order valence-corrected chi connectivity index (χ2v) is 4.67. The van der Waals surface area contributed by atoms with Crippen LogP contribution in [0.5, 0.6) is 0 Å². The van der Waals surface area contributed by atoms with E-state index in [1.165, 1.54) is 39.5 Å². The Labute approximate surface area is 124 Å². The van der Waals surface area contributed by atoms with Crippen LogP contribution in [0, 0.1) is 17.1 Å². The maximum absolute atomic E-state index is 13.0. The summed E-state index contributed by atoms with van der Waals surface area (Å²) in [5, 5.41) is 22.6. The average Bonchev–Trinajstić information content (AvgIpc) is 2.90. The van der Waals surface area contributed by atoms with Crippen molar-refractivity contribution in [1.29, 1.82) is 5.26 Å². The minimum absolute atomic E-state index is 0.0860. The molecule has 0 amide bonds. The molecule has 0 unspecified atom stereocenters. The third kappa shape index (κ3) is 2.16. The number of hydrogen-bond donors (Lipinski definition) is 1. The molecule has 110 valence electrons. The fourth-order valence-electron chi connectivity index (χ4n) is 2.34. The second-order valence-electron chi connectivity index (χ2n) is 4.67. The number of nitriles is 1. The van der Waals surface area contributed by atoms with Crippen molar-refractivity contribution in [2.75, 3.05) is 0 Å². The lowest BCUT2D eigenvalue weighted by molar-refractivity contribution is 0.283. The predicted molar refractivity (Wildman–Crippen MR) is 76.4 cm³/mol. The van der Waals surface area contributed by atoms with Gasteiger partial charge in [0.1, 0.15) is 17.9 Å². The molecule has 3 aromatic rings. The first kappa shape index (κ1) is 14.0. The lowest BCUT2D eigenvalue weighted by atomic mass is 10.1. The zero-order chi connectivity index (χ0) is 15.7. The van der Waals surface area contributed by atoms with E-state index in [0.29, 0.717) is 16.8 Å². The number of fused-ring (bicyclic) bond motifs is 1. The van der Waals surface area contributed by atoms with Gasteiger partial charge in [-0.15, -0.1) is 0 Å². The van der Waals surface area contributed by atoms with Gasteiger partial charge in [0.25, 0.3) is 5.56 Å². The predicted octanol–water partition coefficient (Wildman–Crippen LogP) is 1.32. The van der Waals surface area contributed by atoms with Crippen molar-refractivity contribution in [2.45, 2.75) is 13.2 Å². The van der Waals surface area contributed by atoms with Gasteiger partial charge in [0.15, 0.2) is 0 Å². The molecule has 6 nitrogen and oxygen atoms in total. The van der Waals surface area contributed by atoms with E-state index in [1.54, 1.807) is 6.20 Å². The van der Waals surface area contributed by atoms with Crippen LogP contribution in [0.4, 0.5) is 4.39 Å². The lowest BCUT2D eigenvalue weighted by Gasteiger charge is -2.01. The molecule has 2 aromatic heterocycles. The standard InChI is InChI=1S/C15H11FN4O2/c16-11-3-1-10(2-4-11)13-12(9-21)14-15(22)19(6-5-17)7-8-20(14)18-13/h1-4,7-8,21H,6,9H2. The number of halogens is 1. The second kappa shape index (κ2) is 5.42. The molecule has 1 aromatic carbocycles. The van der Waals surface area contributed by atoms with E-state index in [9.17, 15) is 14.3 Å². The molecule has 22 heavy (non-hydrogen) atoms. The van der Waals surface area contributed by atoms with Crippen LogP contribution in [0.15, 0.2) is 41.5 Å². The van der Waals surface area contributed by atoms with Crippen LogP contribution in [-0.2, 0) is 13.2 Å². The summed E-state index contributed by atoms with van der Waals surface area (Å²) in [5.74, 6) is -0.380. The van der Waals surface area contributed by atoms with Crippen molar-refractivity contribution >= 4 is 5.52 Å². The maximum atomic E-state index is 13.0. The van der Waals surface area contributed by atoms with Crippen LogP contribution in [0.25, 0.3) is 16.8 Å². The molecule has 1 N–H and O–H groups in total. The van der Waals surface area contributed by atoms with Crippen molar-refractivity contribution in [3.05, 3.63) is 58.4 Å². The van der Waals surface area contributed by atoms with Gasteiger partial charge in [-0.2, -0.15) is 10.4 Å². The fourth-order valence-corrected chi connectivity index (χ4v) is 2.34. The molecule has 0 aliphatic rings. The zero-order valence-electron chi connectivity index (χ0n) is 11.4. The van der Waals surface area contributed by atoms with Crippen LogP contribution in [0.3, 0.4) is 0 Å². The SMILES string of the molecule is N#CCn1ccn2nc(-c3ccc(F)cc3)c(CO)c2c1=O. The largest absolute Gasteiger partial charge is 0.392 e. The number of nitrogens with zero attached hydrogens (tertiary/aromatic N) is 4. The van der Waals surface area contributed by atoms with Crippen LogP contribution in [0.2, 0.25) is 0 Å². The van der Waals surface area contributed by atoms with E-state index in [0.717, 1.165) is 0 Å². The molecule has 0 aliphatic heterocycles. The van der Waals surface area contributed by atoms with Gasteiger partial charge in [-0.1, -0.05) is 0 Å². The number of aliphatic hydroxyl groups is 1. The van der Waals surface area contributed by atoms with Gasteiger partial charge >= 0.3 is 0 Å². The Morgan fingerprint density at radius 3 is 2.64 bits per heavy atom. The van der Waals surface area contributed by atoms with Crippen LogP contribution in [0.1, 0.15) is 5.56 Å². The molecule has 0 aliphatic carbocycles. The quantitative estimate of drug-likeness (QED) is 0.790. The highest BCUT2D eigenvalue weighted by atomic mass is 19.1. The summed E-state index contributed by atoms with van der Waals surface area (Å²) in [6.07, 6.45) is 3.00. The Morgan fingerprint density at radius 2 is 2.00 bits per heavy atom. The number of benzene rings is 1. The number of aliphatic hydroxyl groups excluding tert-OH is 1. The first-order valence-electron chi connectivity index (χ1n) is 6.50. The summed E-state index contributed by atoms with van der Waals surface area (Å²) in [5.41, 5.74) is 1.16. The highest BCUT2D eigenvalue weighted by Crippen LogP contribution is 2.24. The van der Waals surface area contributed by atoms with Crippen LogP contribution < -0.4 is 5.56 Å². The monoisotopic (exact) mass is 298 g/mol. The first-order chi connectivity index (χ1) is 10.7. The molecular formula is C15H11FN4O2. The highest BCUT2D eigenvalue weighted by molar-refractivity contribution is 5.72. The third-order valence-corrected chi connectivity index (χ3v) is 3.38. The van der Waals surface area contributed by atoms with Crippen LogP contribution >= 0.6 is 0 Å². The molecule has 0 saturated heterocycles. The Balaban J connectivity index is 2.29. The molecule has 3 rings (SSSR count). The van der Waals surface area contributed by atoms with Crippen LogP contribution in [-0.4, -0.2) is 19.3 Å². The third-order valence-electron chi connectivity index (χ3n) is 3.38. The topological polar surface area (TPSA) is 83.3 Å². The first-order valence-corrected chi connectivity index (χ1v) is 6.50.